The molecule has 0 aromatic rings. The van der Waals surface area contributed by atoms with E-state index in [0.717, 1.165) is 19.5 Å². The summed E-state index contributed by atoms with van der Waals surface area (Å²) in [7, 11) is 0. The average molecular weight is 157 g/mol. The lowest BCUT2D eigenvalue weighted by molar-refractivity contribution is -0.119. The second-order valence-corrected chi connectivity index (χ2v) is 2.95. The monoisotopic (exact) mass is 157 g/mol. The lowest BCUT2D eigenvalue weighted by atomic mass is 10.3. The first-order valence-corrected chi connectivity index (χ1v) is 3.92. The summed E-state index contributed by atoms with van der Waals surface area (Å²) in [5, 5.41) is 2.87. The van der Waals surface area contributed by atoms with Crippen LogP contribution < -0.4 is 11.1 Å². The molecule has 0 radical (unpaired) electrons. The Bertz CT molecular complexity index is 149. The van der Waals surface area contributed by atoms with E-state index in [4.69, 9.17) is 5.73 Å². The van der Waals surface area contributed by atoms with Gasteiger partial charge >= 0.3 is 0 Å². The van der Waals surface area contributed by atoms with Crippen LogP contribution in [0.4, 0.5) is 0 Å². The van der Waals surface area contributed by atoms with Crippen molar-refractivity contribution in [2.45, 2.75) is 19.4 Å². The molecule has 0 spiro atoms. The van der Waals surface area contributed by atoms with Gasteiger partial charge in [0.15, 0.2) is 0 Å². The first-order valence-electron chi connectivity index (χ1n) is 3.92. The number of nitrogens with two attached hydrogens (primary N) is 1. The largest absolute Gasteiger partial charge is 0.352 e. The van der Waals surface area contributed by atoms with Gasteiger partial charge in [0, 0.05) is 32.7 Å². The van der Waals surface area contributed by atoms with Crippen molar-refractivity contribution in [3.63, 3.8) is 0 Å². The van der Waals surface area contributed by atoms with E-state index in [1.165, 1.54) is 0 Å². The summed E-state index contributed by atoms with van der Waals surface area (Å²) in [6, 6.07) is 0.316. The molecule has 0 aliphatic carbocycles. The van der Waals surface area contributed by atoms with Crippen LogP contribution in [0.5, 0.6) is 0 Å². The molecule has 0 aromatic carbocycles. The van der Waals surface area contributed by atoms with Gasteiger partial charge in [-0.15, -0.1) is 0 Å². The fourth-order valence-electron chi connectivity index (χ4n) is 1.40. The molecule has 4 nitrogen and oxygen atoms in total. The highest BCUT2D eigenvalue weighted by atomic mass is 16.1. The zero-order valence-corrected chi connectivity index (χ0v) is 6.84. The topological polar surface area (TPSA) is 58.4 Å². The minimum atomic E-state index is 0.0499. The van der Waals surface area contributed by atoms with Gasteiger partial charge in [0.1, 0.15) is 0 Å². The molecule has 1 aliphatic heterocycles. The lowest BCUT2D eigenvalue weighted by Gasteiger charge is -2.12. The van der Waals surface area contributed by atoms with Crippen molar-refractivity contribution in [1.82, 2.24) is 10.2 Å². The first kappa shape index (κ1) is 8.49. The summed E-state index contributed by atoms with van der Waals surface area (Å²) < 4.78 is 0. The Kier molecular flexibility index (Phi) is 2.84. The molecule has 1 fully saturated rings. The Morgan fingerprint density at radius 2 is 2.55 bits per heavy atom. The van der Waals surface area contributed by atoms with Gasteiger partial charge < -0.3 is 11.1 Å². The lowest BCUT2D eigenvalue weighted by Crippen LogP contribution is -2.36. The van der Waals surface area contributed by atoms with Crippen molar-refractivity contribution in [3.8, 4) is 0 Å². The molecule has 1 rings (SSSR count). The normalized spacial score (nSPS) is 25.5. The smallest absolute Gasteiger partial charge is 0.217 e. The van der Waals surface area contributed by atoms with Gasteiger partial charge in [0.2, 0.25) is 5.91 Å². The maximum Gasteiger partial charge on any atom is 0.217 e. The Hall–Kier alpha value is -0.610. The van der Waals surface area contributed by atoms with Crippen molar-refractivity contribution in [2.75, 3.05) is 19.8 Å². The fourth-order valence-corrected chi connectivity index (χ4v) is 1.40. The quantitative estimate of drug-likeness (QED) is 0.547. The minimum Gasteiger partial charge on any atom is -0.352 e. The van der Waals surface area contributed by atoms with Crippen LogP contribution in [-0.2, 0) is 4.79 Å². The van der Waals surface area contributed by atoms with Crippen LogP contribution in [0.1, 0.15) is 13.3 Å². The molecule has 0 saturated carbocycles. The molecule has 11 heavy (non-hydrogen) atoms. The predicted molar refractivity (Wildman–Crippen MR) is 42.8 cm³/mol. The molecule has 4 heteroatoms. The molecule has 0 aromatic heterocycles. The number of carbonyl (C=O) groups excluding carboxylic acids is 1. The molecular formula is C7H15N3O. The highest BCUT2D eigenvalue weighted by molar-refractivity contribution is 5.73. The van der Waals surface area contributed by atoms with Crippen molar-refractivity contribution in [3.05, 3.63) is 0 Å². The Morgan fingerprint density at radius 1 is 1.82 bits per heavy atom. The van der Waals surface area contributed by atoms with Crippen LogP contribution in [0.15, 0.2) is 0 Å². The summed E-state index contributed by atoms with van der Waals surface area (Å²) in [5.74, 6) is 0.0499. The maximum atomic E-state index is 10.6. The predicted octanol–water partition coefficient (Wildman–Crippen LogP) is -0.887. The van der Waals surface area contributed by atoms with E-state index in [0.29, 0.717) is 12.7 Å². The molecule has 0 bridgehead atoms. The Balaban J connectivity index is 2.24. The van der Waals surface area contributed by atoms with E-state index in [2.05, 4.69) is 10.2 Å². The van der Waals surface area contributed by atoms with Crippen molar-refractivity contribution in [1.29, 1.82) is 0 Å². The zero-order valence-electron chi connectivity index (χ0n) is 6.84. The van der Waals surface area contributed by atoms with Gasteiger partial charge in [-0.1, -0.05) is 0 Å². The Morgan fingerprint density at radius 3 is 3.00 bits per heavy atom. The van der Waals surface area contributed by atoms with Crippen LogP contribution in [0.2, 0.25) is 0 Å². The summed E-state index contributed by atoms with van der Waals surface area (Å²) >= 11 is 0. The van der Waals surface area contributed by atoms with E-state index < -0.39 is 0 Å². The summed E-state index contributed by atoms with van der Waals surface area (Å²) in [6.07, 6.45) is 1.02. The van der Waals surface area contributed by atoms with Crippen LogP contribution in [-0.4, -0.2) is 36.6 Å². The second-order valence-electron chi connectivity index (χ2n) is 2.95. The third-order valence-corrected chi connectivity index (χ3v) is 1.94. The average Bonchev–Trinajstić information content (AvgIpc) is 2.34. The van der Waals surface area contributed by atoms with E-state index in [-0.39, 0.29) is 5.91 Å². The minimum absolute atomic E-state index is 0.0499. The van der Waals surface area contributed by atoms with E-state index in [1.54, 1.807) is 6.92 Å². The van der Waals surface area contributed by atoms with E-state index in [1.807, 2.05) is 0 Å². The van der Waals surface area contributed by atoms with Gasteiger partial charge in [0.25, 0.3) is 0 Å². The Labute approximate surface area is 66.7 Å². The number of hydrogen-bond acceptors (Lipinski definition) is 3. The first-order chi connectivity index (χ1) is 5.22. The van der Waals surface area contributed by atoms with Crippen LogP contribution in [0, 0.1) is 0 Å². The highest BCUT2D eigenvalue weighted by Gasteiger charge is 2.21. The number of likely N-dealkylation sites (tertiary alicyclic amines) is 1. The van der Waals surface area contributed by atoms with Crippen LogP contribution in [0.3, 0.4) is 0 Å². The van der Waals surface area contributed by atoms with Crippen molar-refractivity contribution >= 4 is 5.91 Å². The SMILES string of the molecule is CC(=O)NC1CCN(CN)C1. The molecule has 3 N–H and O–H groups in total. The molecule has 1 amide bonds. The zero-order chi connectivity index (χ0) is 8.27. The van der Waals surface area contributed by atoms with Gasteiger partial charge in [-0.2, -0.15) is 0 Å². The number of carbonyl (C=O) groups is 1. The molecular weight excluding hydrogens is 142 g/mol. The van der Waals surface area contributed by atoms with Gasteiger partial charge in [-0.25, -0.2) is 0 Å². The van der Waals surface area contributed by atoms with Crippen LogP contribution >= 0.6 is 0 Å². The van der Waals surface area contributed by atoms with Gasteiger partial charge in [-0.3, -0.25) is 9.69 Å². The fraction of sp³-hybridized carbons (Fsp3) is 0.857. The van der Waals surface area contributed by atoms with Gasteiger partial charge in [0.05, 0.1) is 0 Å². The van der Waals surface area contributed by atoms with Crippen molar-refractivity contribution in [2.24, 2.45) is 5.73 Å². The number of nitrogens with zero attached hydrogens (tertiary/aromatic N) is 1. The number of rotatable bonds is 2. The van der Waals surface area contributed by atoms with Crippen LogP contribution in [0.25, 0.3) is 0 Å². The summed E-state index contributed by atoms with van der Waals surface area (Å²) in [4.78, 5) is 12.8. The molecule has 1 aliphatic rings. The molecule has 1 unspecified atom stereocenters. The summed E-state index contributed by atoms with van der Waals surface area (Å²) in [5.41, 5.74) is 5.44. The molecule has 1 saturated heterocycles. The third kappa shape index (κ3) is 2.48. The van der Waals surface area contributed by atoms with Gasteiger partial charge in [-0.05, 0) is 6.42 Å². The van der Waals surface area contributed by atoms with E-state index in [9.17, 15) is 4.79 Å². The number of amides is 1. The second kappa shape index (κ2) is 3.69. The molecule has 64 valence electrons. The molecule has 1 heterocycles. The maximum absolute atomic E-state index is 10.6. The number of hydrogen-bond donors (Lipinski definition) is 2. The van der Waals surface area contributed by atoms with Crippen molar-refractivity contribution < 1.29 is 4.79 Å². The standard InChI is InChI=1S/C7H15N3O/c1-6(11)9-7-2-3-10(4-7)5-8/h7H,2-5,8H2,1H3,(H,9,11). The highest BCUT2D eigenvalue weighted by Crippen LogP contribution is 2.06. The summed E-state index contributed by atoms with van der Waals surface area (Å²) in [6.45, 7) is 4.04. The molecule has 1 atom stereocenters. The number of nitrogens with one attached hydrogen (secondary N) is 1. The van der Waals surface area contributed by atoms with E-state index >= 15 is 0 Å². The third-order valence-electron chi connectivity index (χ3n) is 1.94.